The van der Waals surface area contributed by atoms with Gasteiger partial charge in [-0.25, -0.2) is 0 Å². The van der Waals surface area contributed by atoms with Gasteiger partial charge < -0.3 is 4.90 Å². The average molecular weight is 300 g/mol. The molecule has 6 heteroatoms. The molecule has 0 radical (unpaired) electrons. The summed E-state index contributed by atoms with van der Waals surface area (Å²) in [5, 5.41) is 5.37. The second kappa shape index (κ2) is 4.87. The third kappa shape index (κ3) is 2.44. The lowest BCUT2D eigenvalue weighted by molar-refractivity contribution is -0.117. The minimum absolute atomic E-state index is 0.152. The SMILES string of the molecule is CN1C(=O)Cc2cc(C3=NNC(=NC4CC4)SC3)ccc21. The molecule has 1 amide bonds. The maximum Gasteiger partial charge on any atom is 0.231 e. The van der Waals surface area contributed by atoms with E-state index in [-0.39, 0.29) is 5.91 Å². The summed E-state index contributed by atoms with van der Waals surface area (Å²) in [5.74, 6) is 0.972. The van der Waals surface area contributed by atoms with Crippen molar-refractivity contribution in [3.8, 4) is 0 Å². The third-order valence-electron chi connectivity index (χ3n) is 3.97. The fourth-order valence-electron chi connectivity index (χ4n) is 2.55. The van der Waals surface area contributed by atoms with Crippen LogP contribution in [0, 0.1) is 0 Å². The summed E-state index contributed by atoms with van der Waals surface area (Å²) in [7, 11) is 1.82. The van der Waals surface area contributed by atoms with Crippen LogP contribution in [0.1, 0.15) is 24.0 Å². The molecule has 3 aliphatic rings. The second-order valence-electron chi connectivity index (χ2n) is 5.60. The topological polar surface area (TPSA) is 57.1 Å². The van der Waals surface area contributed by atoms with Crippen LogP contribution >= 0.6 is 11.8 Å². The fraction of sp³-hybridized carbons (Fsp3) is 0.400. The summed E-state index contributed by atoms with van der Waals surface area (Å²) < 4.78 is 0. The summed E-state index contributed by atoms with van der Waals surface area (Å²) >= 11 is 1.70. The first-order chi connectivity index (χ1) is 10.2. The minimum Gasteiger partial charge on any atom is -0.315 e. The van der Waals surface area contributed by atoms with Crippen LogP contribution < -0.4 is 10.3 Å². The highest BCUT2D eigenvalue weighted by Gasteiger charge is 2.25. The number of benzene rings is 1. The number of nitrogens with zero attached hydrogens (tertiary/aromatic N) is 3. The number of nitrogens with one attached hydrogen (secondary N) is 1. The maximum absolute atomic E-state index is 11.7. The Labute approximate surface area is 127 Å². The van der Waals surface area contributed by atoms with Gasteiger partial charge >= 0.3 is 0 Å². The van der Waals surface area contributed by atoms with E-state index in [1.165, 1.54) is 12.8 Å². The Hall–Kier alpha value is -1.82. The number of carbonyl (C=O) groups excluding carboxylic acids is 1. The second-order valence-corrected chi connectivity index (χ2v) is 6.56. The largest absolute Gasteiger partial charge is 0.315 e. The molecule has 0 saturated heterocycles. The number of likely N-dealkylation sites (N-methyl/N-ethyl adjacent to an activating group) is 1. The molecule has 0 atom stereocenters. The number of amides is 1. The number of hydrogen-bond acceptors (Lipinski definition) is 4. The van der Waals surface area contributed by atoms with E-state index in [9.17, 15) is 4.79 Å². The molecule has 2 heterocycles. The smallest absolute Gasteiger partial charge is 0.231 e. The van der Waals surface area contributed by atoms with Crippen LogP contribution in [0.3, 0.4) is 0 Å². The van der Waals surface area contributed by atoms with Crippen LogP contribution in [-0.2, 0) is 11.2 Å². The molecule has 1 saturated carbocycles. The number of carbonyl (C=O) groups is 1. The van der Waals surface area contributed by atoms with Crippen LogP contribution in [0.2, 0.25) is 0 Å². The highest BCUT2D eigenvalue weighted by Crippen LogP contribution is 2.29. The third-order valence-corrected chi connectivity index (χ3v) is 4.86. The Morgan fingerprint density at radius 1 is 1.43 bits per heavy atom. The van der Waals surface area contributed by atoms with Gasteiger partial charge in [0.25, 0.3) is 0 Å². The number of thioether (sulfide) groups is 1. The summed E-state index contributed by atoms with van der Waals surface area (Å²) in [6.45, 7) is 0. The molecule has 2 aliphatic heterocycles. The van der Waals surface area contributed by atoms with Crippen molar-refractivity contribution in [2.24, 2.45) is 10.1 Å². The number of hydrogen-bond donors (Lipinski definition) is 1. The molecule has 4 rings (SSSR count). The lowest BCUT2D eigenvalue weighted by Gasteiger charge is -2.16. The first-order valence-corrected chi connectivity index (χ1v) is 8.12. The Bertz CT molecular complexity index is 678. The van der Waals surface area contributed by atoms with Crippen LogP contribution in [0.5, 0.6) is 0 Å². The molecule has 1 N–H and O–H groups in total. The number of rotatable bonds is 2. The molecule has 1 aliphatic carbocycles. The quantitative estimate of drug-likeness (QED) is 0.905. The maximum atomic E-state index is 11.7. The van der Waals surface area contributed by atoms with Crippen molar-refractivity contribution < 1.29 is 4.79 Å². The predicted molar refractivity (Wildman–Crippen MR) is 86.1 cm³/mol. The first-order valence-electron chi connectivity index (χ1n) is 7.14. The van der Waals surface area contributed by atoms with Gasteiger partial charge in [0.2, 0.25) is 5.91 Å². The van der Waals surface area contributed by atoms with Gasteiger partial charge in [0.1, 0.15) is 0 Å². The van der Waals surface area contributed by atoms with E-state index in [0.717, 1.165) is 33.4 Å². The predicted octanol–water partition coefficient (Wildman–Crippen LogP) is 1.76. The molecular formula is C15H16N4OS. The van der Waals surface area contributed by atoms with Crippen LogP contribution in [0.4, 0.5) is 5.69 Å². The van der Waals surface area contributed by atoms with Gasteiger partial charge in [-0.3, -0.25) is 15.2 Å². The Morgan fingerprint density at radius 2 is 2.29 bits per heavy atom. The van der Waals surface area contributed by atoms with Crippen LogP contribution in [0.15, 0.2) is 28.3 Å². The average Bonchev–Trinajstić information content (AvgIpc) is 3.26. The van der Waals surface area contributed by atoms with E-state index in [4.69, 9.17) is 0 Å². The Balaban J connectivity index is 1.56. The number of hydrazone groups is 1. The monoisotopic (exact) mass is 300 g/mol. The molecule has 0 unspecified atom stereocenters. The number of amidine groups is 1. The zero-order valence-electron chi connectivity index (χ0n) is 11.8. The zero-order valence-corrected chi connectivity index (χ0v) is 12.6. The standard InChI is InChI=1S/C15H16N4OS/c1-19-13-5-2-9(6-10(13)7-14(19)20)12-8-21-15(18-17-12)16-11-3-4-11/h2,5-6,11H,3-4,7-8H2,1H3,(H,16,18). The number of aliphatic imine (C=N–C) groups is 1. The van der Waals surface area contributed by atoms with E-state index in [1.54, 1.807) is 16.7 Å². The lowest BCUT2D eigenvalue weighted by Crippen LogP contribution is -2.25. The van der Waals surface area contributed by atoms with E-state index < -0.39 is 0 Å². The normalized spacial score (nSPS) is 23.1. The van der Waals surface area contributed by atoms with Crippen molar-refractivity contribution in [2.45, 2.75) is 25.3 Å². The summed E-state index contributed by atoms with van der Waals surface area (Å²) in [4.78, 5) is 18.0. The van der Waals surface area contributed by atoms with Gasteiger partial charge in [0, 0.05) is 18.5 Å². The molecule has 108 valence electrons. The van der Waals surface area contributed by atoms with Crippen molar-refractivity contribution in [3.05, 3.63) is 29.3 Å². The van der Waals surface area contributed by atoms with E-state index in [1.807, 2.05) is 19.2 Å². The van der Waals surface area contributed by atoms with Crippen LogP contribution in [-0.4, -0.2) is 35.6 Å². The highest BCUT2D eigenvalue weighted by molar-refractivity contribution is 8.14. The van der Waals surface area contributed by atoms with Gasteiger partial charge in [0.15, 0.2) is 5.17 Å². The zero-order chi connectivity index (χ0) is 14.4. The van der Waals surface area contributed by atoms with Gasteiger partial charge in [-0.05, 0) is 36.1 Å². The van der Waals surface area contributed by atoms with Gasteiger partial charge in [-0.2, -0.15) is 5.10 Å². The molecule has 1 aromatic rings. The number of anilines is 1. The van der Waals surface area contributed by atoms with Gasteiger partial charge in [-0.1, -0.05) is 17.8 Å². The lowest BCUT2D eigenvalue weighted by atomic mass is 10.1. The fourth-order valence-corrected chi connectivity index (χ4v) is 3.39. The van der Waals surface area contributed by atoms with Crippen LogP contribution in [0.25, 0.3) is 0 Å². The Kier molecular flexibility index (Phi) is 2.99. The van der Waals surface area contributed by atoms with E-state index >= 15 is 0 Å². The molecule has 0 aromatic heterocycles. The Morgan fingerprint density at radius 3 is 3.00 bits per heavy atom. The molecule has 1 aromatic carbocycles. The summed E-state index contributed by atoms with van der Waals surface area (Å²) in [5.41, 5.74) is 7.25. The van der Waals surface area contributed by atoms with Crippen molar-refractivity contribution in [1.82, 2.24) is 5.43 Å². The minimum atomic E-state index is 0.152. The summed E-state index contributed by atoms with van der Waals surface area (Å²) in [6, 6.07) is 6.65. The van der Waals surface area contributed by atoms with E-state index in [2.05, 4.69) is 21.6 Å². The molecule has 21 heavy (non-hydrogen) atoms. The first kappa shape index (κ1) is 12.9. The summed E-state index contributed by atoms with van der Waals surface area (Å²) in [6.07, 6.45) is 2.89. The molecule has 0 bridgehead atoms. The van der Waals surface area contributed by atoms with Crippen molar-refractivity contribution in [3.63, 3.8) is 0 Å². The van der Waals surface area contributed by atoms with Crippen molar-refractivity contribution >= 4 is 34.2 Å². The molecule has 5 nitrogen and oxygen atoms in total. The van der Waals surface area contributed by atoms with Gasteiger partial charge in [0.05, 0.1) is 18.2 Å². The number of fused-ring (bicyclic) bond motifs is 1. The van der Waals surface area contributed by atoms with Crippen molar-refractivity contribution in [2.75, 3.05) is 17.7 Å². The molecular weight excluding hydrogens is 284 g/mol. The highest BCUT2D eigenvalue weighted by atomic mass is 32.2. The molecule has 0 spiro atoms. The molecule has 1 fully saturated rings. The van der Waals surface area contributed by atoms with E-state index in [0.29, 0.717) is 12.5 Å². The van der Waals surface area contributed by atoms with Crippen molar-refractivity contribution in [1.29, 1.82) is 0 Å². The van der Waals surface area contributed by atoms with Gasteiger partial charge in [-0.15, -0.1) is 0 Å².